The second kappa shape index (κ2) is 3.66. The fourth-order valence-electron chi connectivity index (χ4n) is 0.864. The summed E-state index contributed by atoms with van der Waals surface area (Å²) < 4.78 is 32.3. The van der Waals surface area contributed by atoms with Crippen molar-refractivity contribution in [1.82, 2.24) is 0 Å². The second-order valence-corrected chi connectivity index (χ2v) is 3.84. The Hall–Kier alpha value is -1.23. The Labute approximate surface area is 75.4 Å². The maximum atomic E-state index is 12.1. The monoisotopic (exact) mass is 202 g/mol. The maximum Gasteiger partial charge on any atom is 0.309 e. The van der Waals surface area contributed by atoms with Crippen molar-refractivity contribution in [2.45, 2.75) is 0 Å². The van der Waals surface area contributed by atoms with Crippen molar-refractivity contribution >= 4 is 16.0 Å². The summed E-state index contributed by atoms with van der Waals surface area (Å²) in [6.07, 6.45) is 0. The molecule has 1 aromatic rings. The predicted molar refractivity (Wildman–Crippen MR) is 45.7 cm³/mol. The highest BCUT2D eigenvalue weighted by atomic mass is 32.3. The highest BCUT2D eigenvalue weighted by molar-refractivity contribution is 7.87. The van der Waals surface area contributed by atoms with Crippen LogP contribution in [0.4, 0.5) is 3.89 Å². The lowest BCUT2D eigenvalue weighted by Gasteiger charge is -1.95. The van der Waals surface area contributed by atoms with Crippen LogP contribution in [0.25, 0.3) is 0 Å². The maximum absolute atomic E-state index is 12.1. The Bertz CT molecular complexity index is 397. The van der Waals surface area contributed by atoms with E-state index in [0.29, 0.717) is 0 Å². The van der Waals surface area contributed by atoms with Crippen LogP contribution in [0.5, 0.6) is 0 Å². The van der Waals surface area contributed by atoms with Gasteiger partial charge in [-0.15, -0.1) is 3.89 Å². The first-order valence-corrected chi connectivity index (χ1v) is 5.05. The van der Waals surface area contributed by atoms with E-state index < -0.39 is 21.8 Å². The van der Waals surface area contributed by atoms with Gasteiger partial charge in [-0.3, -0.25) is 4.79 Å². The van der Waals surface area contributed by atoms with Crippen molar-refractivity contribution in [1.29, 1.82) is 0 Å². The first-order valence-electron chi connectivity index (χ1n) is 3.49. The standard InChI is InChI=1S/C8H7FO3S/c9-13(11,12)6-8(10)7-4-2-1-3-5-7/h1-5H,6H2. The third-order valence-corrected chi connectivity index (χ3v) is 2.01. The highest BCUT2D eigenvalue weighted by Crippen LogP contribution is 2.03. The van der Waals surface area contributed by atoms with Crippen molar-refractivity contribution in [3.63, 3.8) is 0 Å². The fraction of sp³-hybridized carbons (Fsp3) is 0.125. The number of ketones is 1. The van der Waals surface area contributed by atoms with Crippen molar-refractivity contribution in [2.75, 3.05) is 5.75 Å². The summed E-state index contributed by atoms with van der Waals surface area (Å²) in [7, 11) is -4.72. The van der Waals surface area contributed by atoms with Crippen molar-refractivity contribution < 1.29 is 17.1 Å². The molecule has 0 heterocycles. The largest absolute Gasteiger partial charge is 0.309 e. The molecule has 0 radical (unpaired) electrons. The average Bonchev–Trinajstić information content (AvgIpc) is 2.03. The molecule has 13 heavy (non-hydrogen) atoms. The molecule has 0 unspecified atom stereocenters. The van der Waals surface area contributed by atoms with Crippen molar-refractivity contribution in [2.24, 2.45) is 0 Å². The van der Waals surface area contributed by atoms with Crippen LogP contribution in [0, 0.1) is 0 Å². The molecule has 0 fully saturated rings. The lowest BCUT2D eigenvalue weighted by atomic mass is 10.2. The molecule has 0 saturated heterocycles. The van der Waals surface area contributed by atoms with Gasteiger partial charge in [0, 0.05) is 5.56 Å². The Balaban J connectivity index is 2.82. The van der Waals surface area contributed by atoms with Gasteiger partial charge in [0.25, 0.3) is 0 Å². The number of halogens is 1. The Morgan fingerprint density at radius 3 is 2.23 bits per heavy atom. The average molecular weight is 202 g/mol. The molecule has 70 valence electrons. The summed E-state index contributed by atoms with van der Waals surface area (Å²) in [6.45, 7) is 0. The first-order chi connectivity index (χ1) is 5.99. The van der Waals surface area contributed by atoms with Gasteiger partial charge in [0.15, 0.2) is 5.78 Å². The fourth-order valence-corrected chi connectivity index (χ4v) is 1.34. The van der Waals surface area contributed by atoms with E-state index in [1.165, 1.54) is 12.1 Å². The van der Waals surface area contributed by atoms with Crippen LogP contribution in [0.15, 0.2) is 30.3 Å². The summed E-state index contributed by atoms with van der Waals surface area (Å²) in [5.41, 5.74) is 0.198. The molecule has 1 rings (SSSR count). The van der Waals surface area contributed by atoms with E-state index in [0.717, 1.165) is 0 Å². The van der Waals surface area contributed by atoms with Gasteiger partial charge in [-0.05, 0) is 0 Å². The molecule has 0 aromatic heterocycles. The quantitative estimate of drug-likeness (QED) is 0.546. The predicted octanol–water partition coefficient (Wildman–Crippen LogP) is 1.17. The van der Waals surface area contributed by atoms with E-state index in [1.54, 1.807) is 18.2 Å². The van der Waals surface area contributed by atoms with Crippen LogP contribution in [0.2, 0.25) is 0 Å². The normalized spacial score (nSPS) is 11.2. The molecule has 0 aliphatic rings. The molecule has 0 N–H and O–H groups in total. The molecule has 0 aliphatic carbocycles. The Kier molecular flexibility index (Phi) is 2.77. The van der Waals surface area contributed by atoms with Gasteiger partial charge in [-0.1, -0.05) is 30.3 Å². The van der Waals surface area contributed by atoms with Crippen LogP contribution in [0.1, 0.15) is 10.4 Å². The van der Waals surface area contributed by atoms with Crippen molar-refractivity contribution in [3.05, 3.63) is 35.9 Å². The molecule has 0 atom stereocenters. The smallest absolute Gasteiger partial charge is 0.293 e. The van der Waals surface area contributed by atoms with E-state index >= 15 is 0 Å². The lowest BCUT2D eigenvalue weighted by Crippen LogP contribution is -2.11. The highest BCUT2D eigenvalue weighted by Gasteiger charge is 2.15. The summed E-state index contributed by atoms with van der Waals surface area (Å²) in [5, 5.41) is 0. The first kappa shape index (κ1) is 9.85. The van der Waals surface area contributed by atoms with E-state index in [2.05, 4.69) is 0 Å². The van der Waals surface area contributed by atoms with Crippen LogP contribution >= 0.6 is 0 Å². The number of hydrogen-bond acceptors (Lipinski definition) is 3. The van der Waals surface area contributed by atoms with Gasteiger partial charge in [-0.2, -0.15) is 8.42 Å². The van der Waals surface area contributed by atoms with Gasteiger partial charge >= 0.3 is 10.2 Å². The number of rotatable bonds is 3. The van der Waals surface area contributed by atoms with Crippen LogP contribution < -0.4 is 0 Å². The minimum atomic E-state index is -4.72. The molecular weight excluding hydrogens is 195 g/mol. The lowest BCUT2D eigenvalue weighted by molar-refractivity contribution is 0.102. The van der Waals surface area contributed by atoms with Gasteiger partial charge in [0.05, 0.1) is 0 Å². The summed E-state index contributed by atoms with van der Waals surface area (Å²) in [6, 6.07) is 7.72. The molecule has 0 aliphatic heterocycles. The minimum Gasteiger partial charge on any atom is -0.293 e. The summed E-state index contributed by atoms with van der Waals surface area (Å²) in [5.74, 6) is -1.82. The zero-order valence-electron chi connectivity index (χ0n) is 6.60. The van der Waals surface area contributed by atoms with E-state index in [1.807, 2.05) is 0 Å². The van der Waals surface area contributed by atoms with Gasteiger partial charge < -0.3 is 0 Å². The molecular formula is C8H7FO3S. The number of Topliss-reactive ketones (excluding diaryl/α,β-unsaturated/α-hetero) is 1. The van der Waals surface area contributed by atoms with E-state index in [4.69, 9.17) is 0 Å². The number of carbonyl (C=O) groups is 1. The molecule has 1 aromatic carbocycles. The van der Waals surface area contributed by atoms with Gasteiger partial charge in [-0.25, -0.2) is 0 Å². The topological polar surface area (TPSA) is 51.2 Å². The van der Waals surface area contributed by atoms with Crippen molar-refractivity contribution in [3.8, 4) is 0 Å². The molecule has 0 saturated carbocycles. The molecule has 0 bridgehead atoms. The SMILES string of the molecule is O=C(CS(=O)(=O)F)c1ccccc1. The van der Waals surface area contributed by atoms with Crippen LogP contribution in [-0.2, 0) is 10.2 Å². The summed E-state index contributed by atoms with van der Waals surface area (Å²) in [4.78, 5) is 11.0. The third-order valence-electron chi connectivity index (χ3n) is 1.40. The number of benzene rings is 1. The number of hydrogen-bond donors (Lipinski definition) is 0. The zero-order valence-corrected chi connectivity index (χ0v) is 7.42. The van der Waals surface area contributed by atoms with Gasteiger partial charge in [0.1, 0.15) is 5.75 Å². The van der Waals surface area contributed by atoms with Crippen LogP contribution in [-0.4, -0.2) is 20.0 Å². The van der Waals surface area contributed by atoms with E-state index in [-0.39, 0.29) is 5.56 Å². The summed E-state index contributed by atoms with van der Waals surface area (Å²) >= 11 is 0. The Morgan fingerprint density at radius 1 is 1.23 bits per heavy atom. The van der Waals surface area contributed by atoms with E-state index in [9.17, 15) is 17.1 Å². The van der Waals surface area contributed by atoms with Gasteiger partial charge in [0.2, 0.25) is 0 Å². The molecule has 5 heteroatoms. The van der Waals surface area contributed by atoms with Crippen LogP contribution in [0.3, 0.4) is 0 Å². The molecule has 0 amide bonds. The molecule has 3 nitrogen and oxygen atoms in total. The third kappa shape index (κ3) is 3.33. The minimum absolute atomic E-state index is 0.198. The second-order valence-electron chi connectivity index (χ2n) is 2.47. The Morgan fingerprint density at radius 2 is 1.77 bits per heavy atom. The zero-order chi connectivity index (χ0) is 9.90. The molecule has 0 spiro atoms. The number of carbonyl (C=O) groups excluding carboxylic acids is 1.